The second-order valence-electron chi connectivity index (χ2n) is 4.91. The van der Waals surface area contributed by atoms with Gasteiger partial charge in [0.1, 0.15) is 6.04 Å². The number of nitrogens with one attached hydrogen (secondary N) is 1. The standard InChI is InChI=1S/C15H21NO4/c1-11(10-20-2)8-14(17)16-13(15(18)19)9-12-6-4-3-5-7-12/h3-7,11,13H,8-10H2,1-2H3,(H,16,17)(H,18,19). The molecule has 0 bridgehead atoms. The van der Waals surface area contributed by atoms with Crippen molar-refractivity contribution >= 4 is 11.9 Å². The Bertz CT molecular complexity index is 433. The Balaban J connectivity index is 2.55. The molecular formula is C15H21NO4. The number of hydrogen-bond acceptors (Lipinski definition) is 3. The molecular weight excluding hydrogens is 258 g/mol. The van der Waals surface area contributed by atoms with Crippen molar-refractivity contribution in [1.82, 2.24) is 5.32 Å². The van der Waals surface area contributed by atoms with Crippen LogP contribution in [0.1, 0.15) is 18.9 Å². The summed E-state index contributed by atoms with van der Waals surface area (Å²) in [7, 11) is 1.57. The molecule has 0 saturated carbocycles. The Hall–Kier alpha value is -1.88. The van der Waals surface area contributed by atoms with Gasteiger partial charge in [0, 0.05) is 26.6 Å². The number of carboxylic acids is 1. The van der Waals surface area contributed by atoms with Gasteiger partial charge < -0.3 is 15.2 Å². The summed E-state index contributed by atoms with van der Waals surface area (Å²) >= 11 is 0. The third-order valence-corrected chi connectivity index (χ3v) is 2.90. The number of ether oxygens (including phenoxy) is 1. The highest BCUT2D eigenvalue weighted by Gasteiger charge is 2.21. The van der Waals surface area contributed by atoms with Crippen LogP contribution in [0, 0.1) is 5.92 Å². The van der Waals surface area contributed by atoms with Crippen LogP contribution in [0.4, 0.5) is 0 Å². The minimum atomic E-state index is -1.03. The molecule has 1 aromatic carbocycles. The van der Waals surface area contributed by atoms with E-state index in [-0.39, 0.29) is 24.7 Å². The summed E-state index contributed by atoms with van der Waals surface area (Å²) in [4.78, 5) is 23.0. The van der Waals surface area contributed by atoms with Gasteiger partial charge in [0.25, 0.3) is 0 Å². The van der Waals surface area contributed by atoms with Gasteiger partial charge in [0.15, 0.2) is 0 Å². The van der Waals surface area contributed by atoms with Crippen LogP contribution in [0.15, 0.2) is 30.3 Å². The summed E-state index contributed by atoms with van der Waals surface area (Å²) in [6, 6.07) is 8.34. The van der Waals surface area contributed by atoms with Crippen LogP contribution in [-0.4, -0.2) is 36.7 Å². The number of rotatable bonds is 8. The number of carboxylic acid groups (broad SMARTS) is 1. The smallest absolute Gasteiger partial charge is 0.326 e. The first-order valence-corrected chi connectivity index (χ1v) is 6.58. The SMILES string of the molecule is COCC(C)CC(=O)NC(Cc1ccccc1)C(=O)O. The summed E-state index contributed by atoms with van der Waals surface area (Å²) < 4.78 is 4.96. The Morgan fingerprint density at radius 3 is 2.50 bits per heavy atom. The van der Waals surface area contributed by atoms with Gasteiger partial charge in [-0.2, -0.15) is 0 Å². The average Bonchev–Trinajstić information content (AvgIpc) is 2.39. The van der Waals surface area contributed by atoms with E-state index in [2.05, 4.69) is 5.32 Å². The van der Waals surface area contributed by atoms with Crippen molar-refractivity contribution in [3.63, 3.8) is 0 Å². The fourth-order valence-corrected chi connectivity index (χ4v) is 1.96. The number of carbonyl (C=O) groups is 2. The first-order valence-electron chi connectivity index (χ1n) is 6.58. The highest BCUT2D eigenvalue weighted by Crippen LogP contribution is 2.06. The highest BCUT2D eigenvalue weighted by molar-refractivity contribution is 5.83. The molecule has 0 saturated heterocycles. The van der Waals surface area contributed by atoms with Crippen LogP contribution in [0.5, 0.6) is 0 Å². The molecule has 2 atom stereocenters. The molecule has 0 aliphatic heterocycles. The quantitative estimate of drug-likeness (QED) is 0.755. The maximum absolute atomic E-state index is 11.8. The first kappa shape index (κ1) is 16.2. The number of methoxy groups -OCH3 is 1. The molecule has 20 heavy (non-hydrogen) atoms. The second-order valence-corrected chi connectivity index (χ2v) is 4.91. The highest BCUT2D eigenvalue weighted by atomic mass is 16.5. The average molecular weight is 279 g/mol. The summed E-state index contributed by atoms with van der Waals surface area (Å²) in [5.41, 5.74) is 0.880. The van der Waals surface area contributed by atoms with E-state index in [4.69, 9.17) is 4.74 Å². The van der Waals surface area contributed by atoms with Crippen LogP contribution in [-0.2, 0) is 20.7 Å². The van der Waals surface area contributed by atoms with Crippen molar-refractivity contribution in [2.75, 3.05) is 13.7 Å². The number of hydrogen-bond donors (Lipinski definition) is 2. The molecule has 0 spiro atoms. The molecule has 2 unspecified atom stereocenters. The van der Waals surface area contributed by atoms with Gasteiger partial charge in [-0.15, -0.1) is 0 Å². The monoisotopic (exact) mass is 279 g/mol. The lowest BCUT2D eigenvalue weighted by Gasteiger charge is -2.16. The molecule has 0 aliphatic rings. The van der Waals surface area contributed by atoms with Gasteiger partial charge in [-0.25, -0.2) is 4.79 Å². The largest absolute Gasteiger partial charge is 0.480 e. The van der Waals surface area contributed by atoms with Crippen molar-refractivity contribution < 1.29 is 19.4 Å². The van der Waals surface area contributed by atoms with Gasteiger partial charge in [-0.05, 0) is 11.5 Å². The van der Waals surface area contributed by atoms with Crippen LogP contribution >= 0.6 is 0 Å². The molecule has 5 heteroatoms. The maximum atomic E-state index is 11.8. The predicted octanol–water partition coefficient (Wildman–Crippen LogP) is 1.47. The van der Waals surface area contributed by atoms with E-state index in [1.165, 1.54) is 0 Å². The van der Waals surface area contributed by atoms with Gasteiger partial charge in [0.2, 0.25) is 5.91 Å². The van der Waals surface area contributed by atoms with Gasteiger partial charge in [-0.1, -0.05) is 37.3 Å². The molecule has 2 N–H and O–H groups in total. The van der Waals surface area contributed by atoms with Crippen LogP contribution < -0.4 is 5.32 Å². The summed E-state index contributed by atoms with van der Waals surface area (Å²) in [6.45, 7) is 2.36. The molecule has 110 valence electrons. The maximum Gasteiger partial charge on any atom is 0.326 e. The molecule has 0 aliphatic carbocycles. The molecule has 1 aromatic rings. The molecule has 5 nitrogen and oxygen atoms in total. The zero-order chi connectivity index (χ0) is 15.0. The zero-order valence-electron chi connectivity index (χ0n) is 11.8. The Morgan fingerprint density at radius 2 is 1.95 bits per heavy atom. The van der Waals surface area contributed by atoms with Crippen LogP contribution in [0.3, 0.4) is 0 Å². The topological polar surface area (TPSA) is 75.6 Å². The van der Waals surface area contributed by atoms with Gasteiger partial charge in [0.05, 0.1) is 0 Å². The lowest BCUT2D eigenvalue weighted by molar-refractivity contribution is -0.142. The Morgan fingerprint density at radius 1 is 1.30 bits per heavy atom. The van der Waals surface area contributed by atoms with Crippen molar-refractivity contribution in [2.45, 2.75) is 25.8 Å². The number of carbonyl (C=O) groups excluding carboxylic acids is 1. The van der Waals surface area contributed by atoms with Gasteiger partial charge >= 0.3 is 5.97 Å². The van der Waals surface area contributed by atoms with Crippen LogP contribution in [0.2, 0.25) is 0 Å². The van der Waals surface area contributed by atoms with E-state index in [1.54, 1.807) is 7.11 Å². The third kappa shape index (κ3) is 5.84. The third-order valence-electron chi connectivity index (χ3n) is 2.90. The Labute approximate surface area is 118 Å². The molecule has 0 fully saturated rings. The second kappa shape index (κ2) is 8.32. The minimum absolute atomic E-state index is 0.0613. The summed E-state index contributed by atoms with van der Waals surface area (Å²) in [5, 5.41) is 11.7. The lowest BCUT2D eigenvalue weighted by Crippen LogP contribution is -2.42. The predicted molar refractivity (Wildman–Crippen MR) is 75.4 cm³/mol. The van der Waals surface area contributed by atoms with E-state index in [0.717, 1.165) is 5.56 Å². The van der Waals surface area contributed by atoms with E-state index in [9.17, 15) is 14.7 Å². The van der Waals surface area contributed by atoms with Gasteiger partial charge in [-0.3, -0.25) is 4.79 Å². The molecule has 1 amide bonds. The van der Waals surface area contributed by atoms with Crippen LogP contribution in [0.25, 0.3) is 0 Å². The number of benzene rings is 1. The van der Waals surface area contributed by atoms with Crippen molar-refractivity contribution in [3.05, 3.63) is 35.9 Å². The van der Waals surface area contributed by atoms with Crippen molar-refractivity contribution in [2.24, 2.45) is 5.92 Å². The molecule has 0 heterocycles. The van der Waals surface area contributed by atoms with E-state index in [0.29, 0.717) is 6.61 Å². The van der Waals surface area contributed by atoms with Crippen molar-refractivity contribution in [1.29, 1.82) is 0 Å². The minimum Gasteiger partial charge on any atom is -0.480 e. The molecule has 0 aromatic heterocycles. The first-order chi connectivity index (χ1) is 9.52. The summed E-state index contributed by atoms with van der Waals surface area (Å²) in [5.74, 6) is -1.23. The molecule has 1 rings (SSSR count). The Kier molecular flexibility index (Phi) is 6.73. The fourth-order valence-electron chi connectivity index (χ4n) is 1.96. The van der Waals surface area contributed by atoms with E-state index >= 15 is 0 Å². The van der Waals surface area contributed by atoms with E-state index < -0.39 is 12.0 Å². The number of aliphatic carboxylic acids is 1. The number of amides is 1. The van der Waals surface area contributed by atoms with Crippen molar-refractivity contribution in [3.8, 4) is 0 Å². The fraction of sp³-hybridized carbons (Fsp3) is 0.467. The lowest BCUT2D eigenvalue weighted by atomic mass is 10.0. The summed E-state index contributed by atoms with van der Waals surface area (Å²) in [6.07, 6.45) is 0.535. The molecule has 0 radical (unpaired) electrons. The normalized spacial score (nSPS) is 13.5. The zero-order valence-corrected chi connectivity index (χ0v) is 11.8. The van der Waals surface area contributed by atoms with E-state index in [1.807, 2.05) is 37.3 Å².